The fraction of sp³-hybridized carbons (Fsp3) is 0.241. The van der Waals surface area contributed by atoms with Crippen LogP contribution in [-0.4, -0.2) is 9.55 Å². The minimum atomic E-state index is -2.25. The van der Waals surface area contributed by atoms with Crippen LogP contribution in [0, 0.1) is 13.8 Å². The summed E-state index contributed by atoms with van der Waals surface area (Å²) in [4.78, 5) is 4.88. The van der Waals surface area contributed by atoms with Gasteiger partial charge in [-0.2, -0.15) is 0 Å². The van der Waals surface area contributed by atoms with Crippen molar-refractivity contribution in [3.05, 3.63) is 88.9 Å². The first kappa shape index (κ1) is 15.4. The number of pyridine rings is 1. The highest BCUT2D eigenvalue weighted by Gasteiger charge is 2.31. The summed E-state index contributed by atoms with van der Waals surface area (Å²) in [6.45, 7) is 3.45. The Balaban J connectivity index is 1.72. The fourth-order valence-corrected chi connectivity index (χ4v) is 5.14. The van der Waals surface area contributed by atoms with Gasteiger partial charge in [-0.25, -0.2) is 9.55 Å². The lowest BCUT2D eigenvalue weighted by molar-refractivity contribution is -0.659. The van der Waals surface area contributed by atoms with Crippen LogP contribution in [0.2, 0.25) is 0 Å². The van der Waals surface area contributed by atoms with Gasteiger partial charge < -0.3 is 0 Å². The number of hydrogen-bond donors (Lipinski definition) is 0. The molecule has 2 aromatic heterocycles. The van der Waals surface area contributed by atoms with E-state index in [1.54, 1.807) is 0 Å². The van der Waals surface area contributed by atoms with E-state index in [1.807, 2.05) is 70.4 Å². The van der Waals surface area contributed by atoms with Crippen LogP contribution in [0.1, 0.15) is 53.3 Å². The Morgan fingerprint density at radius 1 is 1.12 bits per heavy atom. The number of imidazole rings is 1. The lowest BCUT2D eigenvalue weighted by Crippen LogP contribution is -2.31. The first-order valence-electron chi connectivity index (χ1n) is 13.0. The molecule has 0 saturated carbocycles. The van der Waals surface area contributed by atoms with E-state index in [2.05, 4.69) is 27.3 Å². The van der Waals surface area contributed by atoms with Gasteiger partial charge in [-0.15, -0.1) is 0 Å². The summed E-state index contributed by atoms with van der Waals surface area (Å²) >= 11 is 0. The maximum atomic E-state index is 8.48. The van der Waals surface area contributed by atoms with Crippen LogP contribution < -0.4 is 4.57 Å². The number of aromatic nitrogens is 3. The minimum Gasteiger partial charge on any atom is -0.296 e. The third-order valence-electron chi connectivity index (χ3n) is 6.83. The molecular formula is C29H28N3+. The zero-order valence-corrected chi connectivity index (χ0v) is 18.8. The first-order valence-corrected chi connectivity index (χ1v) is 11.0. The third-order valence-corrected chi connectivity index (χ3v) is 6.83. The van der Waals surface area contributed by atoms with Gasteiger partial charge in [-0.1, -0.05) is 38.1 Å². The van der Waals surface area contributed by atoms with E-state index >= 15 is 0 Å². The van der Waals surface area contributed by atoms with Crippen LogP contribution >= 0.6 is 0 Å². The second kappa shape index (κ2) is 6.77. The Bertz CT molecular complexity index is 1700. The number of fused-ring (bicyclic) bond motifs is 6. The van der Waals surface area contributed by atoms with Crippen molar-refractivity contribution in [3.8, 4) is 16.9 Å². The molecule has 3 nitrogen and oxygen atoms in total. The molecule has 0 saturated heterocycles. The lowest BCUT2D eigenvalue weighted by Gasteiger charge is -2.16. The molecule has 0 N–H and O–H groups in total. The number of rotatable bonds is 2. The average Bonchev–Trinajstić information content (AvgIpc) is 3.33. The summed E-state index contributed by atoms with van der Waals surface area (Å²) in [5.41, 5.74) is 7.92. The van der Waals surface area contributed by atoms with Crippen LogP contribution in [0.3, 0.4) is 0 Å². The molecule has 1 aliphatic heterocycles. The molecular weight excluding hydrogens is 390 g/mol. The molecule has 1 aliphatic rings. The Kier molecular flexibility index (Phi) is 3.25. The van der Waals surface area contributed by atoms with E-state index in [-0.39, 0.29) is 0 Å². The van der Waals surface area contributed by atoms with Gasteiger partial charge in [0.25, 0.3) is 0 Å². The Morgan fingerprint density at radius 2 is 1.97 bits per heavy atom. The Hall–Kier alpha value is -3.46. The molecule has 158 valence electrons. The SMILES string of the molecule is [2H]C([2H])([2H])c1cc2c(c(-c3c4ccc(C([2H])(C)C)cc4cc[n+]3C)c1C)Cc1nc3ccccc3n1-2. The van der Waals surface area contributed by atoms with Gasteiger partial charge in [0, 0.05) is 18.0 Å². The van der Waals surface area contributed by atoms with E-state index in [4.69, 9.17) is 10.5 Å². The molecule has 0 bridgehead atoms. The van der Waals surface area contributed by atoms with E-state index in [1.165, 1.54) is 0 Å². The average molecular weight is 423 g/mol. The van der Waals surface area contributed by atoms with E-state index < -0.39 is 12.7 Å². The molecule has 6 rings (SSSR count). The van der Waals surface area contributed by atoms with Crippen molar-refractivity contribution in [2.45, 2.75) is 39.9 Å². The van der Waals surface area contributed by atoms with Crippen molar-refractivity contribution >= 4 is 21.8 Å². The minimum absolute atomic E-state index is 0.364. The number of para-hydroxylation sites is 2. The van der Waals surface area contributed by atoms with Gasteiger partial charge >= 0.3 is 0 Å². The third kappa shape index (κ3) is 2.60. The van der Waals surface area contributed by atoms with Crippen molar-refractivity contribution in [1.29, 1.82) is 0 Å². The van der Waals surface area contributed by atoms with Crippen LogP contribution in [0.25, 0.3) is 38.8 Å². The smallest absolute Gasteiger partial charge is 0.220 e. The van der Waals surface area contributed by atoms with Gasteiger partial charge in [-0.05, 0) is 71.6 Å². The fourth-order valence-electron chi connectivity index (χ4n) is 5.14. The van der Waals surface area contributed by atoms with Crippen LogP contribution in [0.5, 0.6) is 0 Å². The largest absolute Gasteiger partial charge is 0.296 e. The lowest BCUT2D eigenvalue weighted by atomic mass is 9.89. The molecule has 3 heteroatoms. The zero-order valence-electron chi connectivity index (χ0n) is 22.8. The molecule has 3 heterocycles. The first-order chi connectivity index (χ1) is 16.9. The van der Waals surface area contributed by atoms with Crippen molar-refractivity contribution in [2.75, 3.05) is 0 Å². The summed E-state index contributed by atoms with van der Waals surface area (Å²) in [6, 6.07) is 18.1. The highest BCUT2D eigenvalue weighted by atomic mass is 15.1. The Morgan fingerprint density at radius 3 is 2.78 bits per heavy atom. The molecule has 0 fully saturated rings. The maximum absolute atomic E-state index is 8.48. The quantitative estimate of drug-likeness (QED) is 0.300. The van der Waals surface area contributed by atoms with E-state index in [9.17, 15) is 0 Å². The van der Waals surface area contributed by atoms with Gasteiger partial charge in [0.1, 0.15) is 12.9 Å². The maximum Gasteiger partial charge on any atom is 0.220 e. The molecule has 0 spiro atoms. The molecule has 0 atom stereocenters. The molecule has 32 heavy (non-hydrogen) atoms. The van der Waals surface area contributed by atoms with Gasteiger partial charge in [0.2, 0.25) is 5.69 Å². The van der Waals surface area contributed by atoms with E-state index in [0.717, 1.165) is 61.3 Å². The van der Waals surface area contributed by atoms with Crippen LogP contribution in [0.15, 0.2) is 60.8 Å². The Labute approximate surface area is 194 Å². The topological polar surface area (TPSA) is 21.7 Å². The van der Waals surface area contributed by atoms with Crippen molar-refractivity contribution in [2.24, 2.45) is 7.05 Å². The van der Waals surface area contributed by atoms with E-state index in [0.29, 0.717) is 12.0 Å². The number of aryl methyl sites for hydroxylation is 2. The molecule has 5 aromatic rings. The van der Waals surface area contributed by atoms with Gasteiger partial charge in [0.05, 0.1) is 27.7 Å². The molecule has 0 unspecified atom stereocenters. The second-order valence-corrected chi connectivity index (χ2v) is 9.03. The number of nitrogens with zero attached hydrogens (tertiary/aromatic N) is 3. The van der Waals surface area contributed by atoms with Crippen molar-refractivity contribution in [3.63, 3.8) is 0 Å². The molecule has 0 amide bonds. The zero-order chi connectivity index (χ0) is 25.6. The summed E-state index contributed by atoms with van der Waals surface area (Å²) in [5, 5.41) is 2.07. The molecule has 0 aliphatic carbocycles. The number of benzene rings is 3. The highest BCUT2D eigenvalue weighted by molar-refractivity contribution is 5.96. The van der Waals surface area contributed by atoms with Crippen molar-refractivity contribution < 1.29 is 10.1 Å². The summed E-state index contributed by atoms with van der Waals surface area (Å²) < 4.78 is 37.7. The van der Waals surface area contributed by atoms with Gasteiger partial charge in [-0.3, -0.25) is 4.57 Å². The summed E-state index contributed by atoms with van der Waals surface area (Å²) in [6.07, 6.45) is 2.66. The monoisotopic (exact) mass is 422 g/mol. The normalized spacial score (nSPS) is 15.2. The summed E-state index contributed by atoms with van der Waals surface area (Å²) in [5.74, 6) is 0.219. The predicted octanol–water partition coefficient (Wildman–Crippen LogP) is 6.31. The van der Waals surface area contributed by atoms with Crippen molar-refractivity contribution in [1.82, 2.24) is 9.55 Å². The van der Waals surface area contributed by atoms with Gasteiger partial charge in [0.15, 0.2) is 6.20 Å². The van der Waals surface area contributed by atoms with Crippen LogP contribution in [0.4, 0.5) is 0 Å². The molecule has 0 radical (unpaired) electrons. The standard InChI is InChI=1S/C29H28N3/c1-17(2)20-10-11-22-21(15-20)12-13-31(5)29(22)28-19(4)18(3)14-26-23(28)16-27-30-24-8-6-7-9-25(24)32(26)27/h6-15,17H,16H2,1-5H3/q+1/i3D3,17D. The summed E-state index contributed by atoms with van der Waals surface area (Å²) in [7, 11) is 2.01. The number of hydrogen-bond acceptors (Lipinski definition) is 1. The molecule has 3 aromatic carbocycles. The predicted molar refractivity (Wildman–Crippen MR) is 132 cm³/mol. The highest BCUT2D eigenvalue weighted by Crippen LogP contribution is 2.42. The van der Waals surface area contributed by atoms with Crippen LogP contribution in [-0.2, 0) is 13.5 Å². The second-order valence-electron chi connectivity index (χ2n) is 9.03.